The Labute approximate surface area is 211 Å². The van der Waals surface area contributed by atoms with E-state index in [1.54, 1.807) is 45.0 Å². The Morgan fingerprint density at radius 2 is 1.89 bits per heavy atom. The van der Waals surface area contributed by atoms with Crippen molar-refractivity contribution in [1.29, 1.82) is 0 Å². The van der Waals surface area contributed by atoms with Crippen molar-refractivity contribution in [2.45, 2.75) is 45.9 Å². The number of ether oxygens (including phenoxy) is 3. The highest BCUT2D eigenvalue weighted by Gasteiger charge is 2.38. The first kappa shape index (κ1) is 27.2. The quantitative estimate of drug-likeness (QED) is 0.289. The van der Waals surface area contributed by atoms with E-state index in [4.69, 9.17) is 24.6 Å². The summed E-state index contributed by atoms with van der Waals surface area (Å²) in [6, 6.07) is 12.2. The highest BCUT2D eigenvalue weighted by atomic mass is 16.7. The highest BCUT2D eigenvalue weighted by molar-refractivity contribution is 6.47. The lowest BCUT2D eigenvalue weighted by Crippen LogP contribution is -2.36. The molecule has 9 nitrogen and oxygen atoms in total. The molecule has 1 aliphatic rings. The van der Waals surface area contributed by atoms with Gasteiger partial charge in [0.05, 0.1) is 5.41 Å². The average molecular weight is 497 g/mol. The minimum atomic E-state index is -1.27. The van der Waals surface area contributed by atoms with E-state index in [2.05, 4.69) is 0 Å². The van der Waals surface area contributed by atoms with Crippen LogP contribution in [0.4, 0.5) is 0 Å². The molecule has 3 rings (SSSR count). The molecule has 0 aromatic heterocycles. The van der Waals surface area contributed by atoms with Gasteiger partial charge in [0.15, 0.2) is 0 Å². The summed E-state index contributed by atoms with van der Waals surface area (Å²) in [5.41, 5.74) is 6.33. The maximum Gasteiger partial charge on any atom is 0.526 e. The topological polar surface area (TPSA) is 134 Å². The summed E-state index contributed by atoms with van der Waals surface area (Å²) in [5, 5.41) is 10.6. The van der Waals surface area contributed by atoms with Gasteiger partial charge in [-0.1, -0.05) is 24.3 Å². The molecular weight excluding hydrogens is 465 g/mol. The minimum absolute atomic E-state index is 0.0571. The molecule has 0 spiro atoms. The fourth-order valence-electron chi connectivity index (χ4n) is 3.76. The van der Waals surface area contributed by atoms with Crippen LogP contribution in [0.3, 0.4) is 0 Å². The minimum Gasteiger partial charge on any atom is -0.535 e. The number of esters is 2. The second kappa shape index (κ2) is 12.1. The van der Waals surface area contributed by atoms with Crippen LogP contribution in [0.15, 0.2) is 42.5 Å². The number of hydrogen-bond donors (Lipinski definition) is 2. The van der Waals surface area contributed by atoms with Crippen molar-refractivity contribution in [2.24, 2.45) is 11.1 Å². The van der Waals surface area contributed by atoms with Crippen molar-refractivity contribution in [3.05, 3.63) is 59.2 Å². The van der Waals surface area contributed by atoms with Crippen molar-refractivity contribution in [2.75, 3.05) is 19.9 Å². The number of benzene rings is 2. The molecule has 3 N–H and O–H groups in total. The molecule has 0 saturated heterocycles. The molecule has 1 aliphatic heterocycles. The first-order valence-corrected chi connectivity index (χ1v) is 11.8. The Morgan fingerprint density at radius 1 is 1.14 bits per heavy atom. The van der Waals surface area contributed by atoms with Gasteiger partial charge in [-0.15, -0.1) is 0 Å². The standard InChI is InChI=1S/C26H32BNO8/c1-26(2,3)25(31)35-16-34-24(30)22-9-5-7-18-14-19(27(32)36-23(18)22)15-20(29)12-17-6-4-8-21(13-17)33-11-10-28/h4-9,13,19,32H,10-12,14-16,28H2,1-3H3/t19-/m1/s1. The molecule has 2 aromatic rings. The number of hydrogen-bond acceptors (Lipinski definition) is 9. The molecule has 0 radical (unpaired) electrons. The predicted octanol–water partition coefficient (Wildman–Crippen LogP) is 2.72. The molecule has 0 fully saturated rings. The van der Waals surface area contributed by atoms with Crippen LogP contribution in [0.25, 0.3) is 0 Å². The van der Waals surface area contributed by atoms with Gasteiger partial charge in [-0.25, -0.2) is 4.79 Å². The van der Waals surface area contributed by atoms with Crippen LogP contribution in [0.1, 0.15) is 48.7 Å². The molecule has 0 saturated carbocycles. The van der Waals surface area contributed by atoms with E-state index in [-0.39, 0.29) is 29.9 Å². The fraction of sp³-hybridized carbons (Fsp3) is 0.423. The van der Waals surface area contributed by atoms with Crippen molar-refractivity contribution < 1.29 is 38.3 Å². The largest absolute Gasteiger partial charge is 0.535 e. The Bertz CT molecular complexity index is 1100. The number of Topliss-reactive ketones (excluding diaryl/α,β-unsaturated/α-hetero) is 1. The average Bonchev–Trinajstić information content (AvgIpc) is 2.82. The summed E-state index contributed by atoms with van der Waals surface area (Å²) in [5.74, 6) is -0.927. The number of nitrogens with two attached hydrogens (primary N) is 1. The Hall–Kier alpha value is -3.37. The number of fused-ring (bicyclic) bond motifs is 1. The molecule has 0 bridgehead atoms. The lowest BCUT2D eigenvalue weighted by Gasteiger charge is -2.28. The molecule has 2 aromatic carbocycles. The Balaban J connectivity index is 1.60. The summed E-state index contributed by atoms with van der Waals surface area (Å²) < 4.78 is 21.2. The van der Waals surface area contributed by atoms with Gasteiger partial charge in [-0.3, -0.25) is 9.59 Å². The molecule has 36 heavy (non-hydrogen) atoms. The van der Waals surface area contributed by atoms with Crippen LogP contribution in [-0.4, -0.2) is 49.8 Å². The summed E-state index contributed by atoms with van der Waals surface area (Å²) in [6.07, 6.45) is 0.642. The molecule has 0 aliphatic carbocycles. The number of rotatable bonds is 10. The molecule has 0 unspecified atom stereocenters. The van der Waals surface area contributed by atoms with Gasteiger partial charge in [-0.05, 0) is 56.5 Å². The molecule has 1 heterocycles. The zero-order valence-electron chi connectivity index (χ0n) is 20.8. The molecule has 192 valence electrons. The number of carbonyl (C=O) groups is 3. The van der Waals surface area contributed by atoms with Gasteiger partial charge in [0, 0.05) is 25.2 Å². The zero-order chi connectivity index (χ0) is 26.3. The van der Waals surface area contributed by atoms with E-state index in [0.717, 1.165) is 5.56 Å². The van der Waals surface area contributed by atoms with Gasteiger partial charge in [0.1, 0.15) is 29.5 Å². The lowest BCUT2D eigenvalue weighted by atomic mass is 9.64. The maximum absolute atomic E-state index is 12.7. The fourth-order valence-corrected chi connectivity index (χ4v) is 3.76. The van der Waals surface area contributed by atoms with Gasteiger partial charge in [0.25, 0.3) is 0 Å². The van der Waals surface area contributed by atoms with Crippen LogP contribution in [0, 0.1) is 5.41 Å². The van der Waals surface area contributed by atoms with Crippen LogP contribution >= 0.6 is 0 Å². The van der Waals surface area contributed by atoms with Gasteiger partial charge in [-0.2, -0.15) is 0 Å². The van der Waals surface area contributed by atoms with Crippen LogP contribution < -0.4 is 15.1 Å². The second-order valence-corrected chi connectivity index (χ2v) is 9.70. The first-order valence-electron chi connectivity index (χ1n) is 11.8. The molecule has 10 heteroatoms. The Kier molecular flexibility index (Phi) is 9.11. The van der Waals surface area contributed by atoms with Crippen LogP contribution in [-0.2, 0) is 31.9 Å². The Morgan fingerprint density at radius 3 is 2.61 bits per heavy atom. The monoisotopic (exact) mass is 497 g/mol. The smallest absolute Gasteiger partial charge is 0.526 e. The van der Waals surface area contributed by atoms with Crippen LogP contribution in [0.2, 0.25) is 5.82 Å². The lowest BCUT2D eigenvalue weighted by molar-refractivity contribution is -0.161. The third-order valence-electron chi connectivity index (χ3n) is 5.61. The van der Waals surface area contributed by atoms with Gasteiger partial charge >= 0.3 is 19.1 Å². The number of carbonyl (C=O) groups excluding carboxylic acids is 3. The van der Waals surface area contributed by atoms with E-state index >= 15 is 0 Å². The summed E-state index contributed by atoms with van der Waals surface area (Å²) >= 11 is 0. The van der Waals surface area contributed by atoms with E-state index in [1.807, 2.05) is 12.1 Å². The zero-order valence-corrected chi connectivity index (χ0v) is 20.8. The normalized spacial score (nSPS) is 14.9. The third kappa shape index (κ3) is 7.32. The molecule has 1 atom stereocenters. The molecule has 0 amide bonds. The summed E-state index contributed by atoms with van der Waals surface area (Å²) in [6.45, 7) is 5.33. The maximum atomic E-state index is 12.7. The second-order valence-electron chi connectivity index (χ2n) is 9.70. The highest BCUT2D eigenvalue weighted by Crippen LogP contribution is 2.36. The third-order valence-corrected chi connectivity index (χ3v) is 5.61. The number of para-hydroxylation sites is 1. The van der Waals surface area contributed by atoms with Crippen molar-refractivity contribution in [3.63, 3.8) is 0 Å². The van der Waals surface area contributed by atoms with E-state index in [1.165, 1.54) is 6.07 Å². The summed E-state index contributed by atoms with van der Waals surface area (Å²) in [4.78, 5) is 37.2. The van der Waals surface area contributed by atoms with E-state index in [9.17, 15) is 19.4 Å². The summed E-state index contributed by atoms with van der Waals surface area (Å²) in [7, 11) is -1.27. The van der Waals surface area contributed by atoms with Crippen molar-refractivity contribution in [3.8, 4) is 11.5 Å². The molecular formula is C26H32BNO8. The SMILES string of the molecule is CC(C)(C)C(=O)OCOC(=O)c1cccc2c1OB(O)[C@@H](CC(=O)Cc1cccc(OCCN)c1)C2. The van der Waals surface area contributed by atoms with Gasteiger partial charge < -0.3 is 29.6 Å². The number of ketones is 1. The van der Waals surface area contributed by atoms with E-state index < -0.39 is 37.1 Å². The van der Waals surface area contributed by atoms with Crippen molar-refractivity contribution in [1.82, 2.24) is 0 Å². The predicted molar refractivity (Wildman–Crippen MR) is 133 cm³/mol. The van der Waals surface area contributed by atoms with Gasteiger partial charge in [0.2, 0.25) is 6.79 Å². The van der Waals surface area contributed by atoms with E-state index in [0.29, 0.717) is 30.9 Å². The first-order chi connectivity index (χ1) is 17.1. The van der Waals surface area contributed by atoms with Crippen LogP contribution in [0.5, 0.6) is 11.5 Å². The van der Waals surface area contributed by atoms with Crippen molar-refractivity contribution >= 4 is 24.8 Å².